The zero-order chi connectivity index (χ0) is 18.8. The van der Waals surface area contributed by atoms with Crippen LogP contribution in [0.5, 0.6) is 17.2 Å². The molecule has 2 aliphatic rings. The standard InChI is InChI=1S/C19H26N4O4/c1-3-23-17(20-21-19(23)24)10-13-4-6-22(7-5-13)11-14-8-15(25-2)18-16(9-14)26-12-27-18/h8-9,13H,3-7,10-12H2,1-2H3,(H,21,24). The number of methoxy groups -OCH3 is 1. The van der Waals surface area contributed by atoms with Gasteiger partial charge >= 0.3 is 5.69 Å². The van der Waals surface area contributed by atoms with Gasteiger partial charge in [-0.25, -0.2) is 9.89 Å². The number of nitrogens with one attached hydrogen (secondary N) is 1. The number of aromatic nitrogens is 3. The average molecular weight is 374 g/mol. The van der Waals surface area contributed by atoms with Gasteiger partial charge in [-0.2, -0.15) is 5.10 Å². The van der Waals surface area contributed by atoms with Gasteiger partial charge in [0.25, 0.3) is 0 Å². The minimum atomic E-state index is -0.110. The Balaban J connectivity index is 1.35. The second kappa shape index (κ2) is 7.64. The van der Waals surface area contributed by atoms with Gasteiger partial charge in [0.2, 0.25) is 12.5 Å². The minimum Gasteiger partial charge on any atom is -0.493 e. The summed E-state index contributed by atoms with van der Waals surface area (Å²) in [5.74, 6) is 3.62. The molecule has 0 spiro atoms. The van der Waals surface area contributed by atoms with Crippen LogP contribution in [-0.4, -0.2) is 46.7 Å². The highest BCUT2D eigenvalue weighted by molar-refractivity contribution is 5.55. The quantitative estimate of drug-likeness (QED) is 0.830. The molecular formula is C19H26N4O4. The Bertz CT molecular complexity index is 852. The molecule has 0 aliphatic carbocycles. The van der Waals surface area contributed by atoms with Crippen LogP contribution in [0.15, 0.2) is 16.9 Å². The van der Waals surface area contributed by atoms with Gasteiger partial charge in [-0.05, 0) is 56.5 Å². The van der Waals surface area contributed by atoms with Gasteiger partial charge in [0.15, 0.2) is 11.5 Å². The number of hydrogen-bond donors (Lipinski definition) is 1. The summed E-state index contributed by atoms with van der Waals surface area (Å²) in [5.41, 5.74) is 1.06. The summed E-state index contributed by atoms with van der Waals surface area (Å²) < 4.78 is 18.1. The Morgan fingerprint density at radius 3 is 2.85 bits per heavy atom. The number of piperidine rings is 1. The molecule has 1 N–H and O–H groups in total. The van der Waals surface area contributed by atoms with E-state index in [2.05, 4.69) is 15.1 Å². The van der Waals surface area contributed by atoms with Crippen LogP contribution in [0.25, 0.3) is 0 Å². The van der Waals surface area contributed by atoms with Crippen molar-refractivity contribution in [2.24, 2.45) is 5.92 Å². The highest BCUT2D eigenvalue weighted by Gasteiger charge is 2.24. The number of benzene rings is 1. The largest absolute Gasteiger partial charge is 0.493 e. The second-order valence-electron chi connectivity index (χ2n) is 7.14. The van der Waals surface area contributed by atoms with Crippen molar-refractivity contribution in [3.05, 3.63) is 34.0 Å². The maximum Gasteiger partial charge on any atom is 0.343 e. The number of likely N-dealkylation sites (tertiary alicyclic amines) is 1. The van der Waals surface area contributed by atoms with Crippen molar-refractivity contribution in [2.45, 2.75) is 39.3 Å². The van der Waals surface area contributed by atoms with Crippen molar-refractivity contribution in [1.29, 1.82) is 0 Å². The molecule has 0 amide bonds. The van der Waals surface area contributed by atoms with Crippen LogP contribution in [0.4, 0.5) is 0 Å². The molecule has 2 aromatic rings. The SMILES string of the molecule is CCn1c(CC2CCN(Cc3cc(OC)c4c(c3)OCO4)CC2)n[nH]c1=O. The molecule has 3 heterocycles. The number of nitrogens with zero attached hydrogens (tertiary/aromatic N) is 3. The zero-order valence-corrected chi connectivity index (χ0v) is 15.9. The van der Waals surface area contributed by atoms with Crippen LogP contribution < -0.4 is 19.9 Å². The molecule has 4 rings (SSSR count). The third kappa shape index (κ3) is 3.66. The van der Waals surface area contributed by atoms with Crippen LogP contribution in [0.3, 0.4) is 0 Å². The number of ether oxygens (including phenoxy) is 3. The Kier molecular flexibility index (Phi) is 5.07. The van der Waals surface area contributed by atoms with E-state index in [0.717, 1.165) is 56.2 Å². The molecule has 27 heavy (non-hydrogen) atoms. The summed E-state index contributed by atoms with van der Waals surface area (Å²) in [6.45, 7) is 5.81. The lowest BCUT2D eigenvalue weighted by Crippen LogP contribution is -2.34. The maximum atomic E-state index is 11.7. The van der Waals surface area contributed by atoms with E-state index in [4.69, 9.17) is 14.2 Å². The van der Waals surface area contributed by atoms with Crippen LogP contribution in [0.2, 0.25) is 0 Å². The first-order valence-corrected chi connectivity index (χ1v) is 9.51. The predicted molar refractivity (Wildman–Crippen MR) is 99.3 cm³/mol. The van der Waals surface area contributed by atoms with Crippen molar-refractivity contribution in [2.75, 3.05) is 27.0 Å². The number of hydrogen-bond acceptors (Lipinski definition) is 6. The number of aromatic amines is 1. The van der Waals surface area contributed by atoms with Crippen LogP contribution in [0, 0.1) is 5.92 Å². The zero-order valence-electron chi connectivity index (χ0n) is 15.9. The van der Waals surface area contributed by atoms with Crippen molar-refractivity contribution >= 4 is 0 Å². The first kappa shape index (κ1) is 17.9. The Morgan fingerprint density at radius 1 is 1.30 bits per heavy atom. The molecule has 8 nitrogen and oxygen atoms in total. The Labute approximate surface area is 158 Å². The second-order valence-corrected chi connectivity index (χ2v) is 7.14. The van der Waals surface area contributed by atoms with Gasteiger partial charge in [0.1, 0.15) is 5.82 Å². The predicted octanol–water partition coefficient (Wildman–Crippen LogP) is 1.78. The fourth-order valence-corrected chi connectivity index (χ4v) is 3.97. The molecule has 2 aliphatic heterocycles. The summed E-state index contributed by atoms with van der Waals surface area (Å²) in [6.07, 6.45) is 3.07. The smallest absolute Gasteiger partial charge is 0.343 e. The number of fused-ring (bicyclic) bond motifs is 1. The van der Waals surface area contributed by atoms with Crippen LogP contribution in [0.1, 0.15) is 31.2 Å². The monoisotopic (exact) mass is 374 g/mol. The summed E-state index contributed by atoms with van der Waals surface area (Å²) in [7, 11) is 1.65. The molecule has 1 saturated heterocycles. The normalized spacial score (nSPS) is 17.4. The molecule has 1 aromatic carbocycles. The average Bonchev–Trinajstić information content (AvgIpc) is 3.29. The highest BCUT2D eigenvalue weighted by Crippen LogP contribution is 2.42. The van der Waals surface area contributed by atoms with Gasteiger partial charge in [-0.3, -0.25) is 9.47 Å². The molecule has 0 saturated carbocycles. The van der Waals surface area contributed by atoms with Gasteiger partial charge in [0.05, 0.1) is 7.11 Å². The van der Waals surface area contributed by atoms with E-state index in [-0.39, 0.29) is 12.5 Å². The first-order chi connectivity index (χ1) is 13.2. The molecular weight excluding hydrogens is 348 g/mol. The third-order valence-corrected chi connectivity index (χ3v) is 5.46. The van der Waals surface area contributed by atoms with E-state index < -0.39 is 0 Å². The van der Waals surface area contributed by atoms with E-state index in [0.29, 0.717) is 18.2 Å². The van der Waals surface area contributed by atoms with Crippen LogP contribution >= 0.6 is 0 Å². The molecule has 0 unspecified atom stereocenters. The van der Waals surface area contributed by atoms with Gasteiger partial charge in [-0.15, -0.1) is 0 Å². The Morgan fingerprint density at radius 2 is 2.11 bits per heavy atom. The van der Waals surface area contributed by atoms with Gasteiger partial charge < -0.3 is 14.2 Å². The van der Waals surface area contributed by atoms with Gasteiger partial charge in [-0.1, -0.05) is 0 Å². The lowest BCUT2D eigenvalue weighted by molar-refractivity contribution is 0.170. The van der Waals surface area contributed by atoms with E-state index in [9.17, 15) is 4.79 Å². The molecule has 0 radical (unpaired) electrons. The summed E-state index contributed by atoms with van der Waals surface area (Å²) >= 11 is 0. The lowest BCUT2D eigenvalue weighted by Gasteiger charge is -2.31. The molecule has 1 fully saturated rings. The van der Waals surface area contributed by atoms with E-state index >= 15 is 0 Å². The fourth-order valence-electron chi connectivity index (χ4n) is 3.97. The lowest BCUT2D eigenvalue weighted by atomic mass is 9.93. The van der Waals surface area contributed by atoms with E-state index in [1.54, 1.807) is 11.7 Å². The highest BCUT2D eigenvalue weighted by atomic mass is 16.7. The minimum absolute atomic E-state index is 0.110. The first-order valence-electron chi connectivity index (χ1n) is 9.51. The van der Waals surface area contributed by atoms with E-state index in [1.165, 1.54) is 5.56 Å². The van der Waals surface area contributed by atoms with Crippen molar-refractivity contribution < 1.29 is 14.2 Å². The molecule has 0 atom stereocenters. The van der Waals surface area contributed by atoms with Crippen molar-refractivity contribution in [3.8, 4) is 17.2 Å². The molecule has 146 valence electrons. The summed E-state index contributed by atoms with van der Waals surface area (Å²) in [4.78, 5) is 14.2. The number of H-pyrrole nitrogens is 1. The third-order valence-electron chi connectivity index (χ3n) is 5.46. The topological polar surface area (TPSA) is 81.6 Å². The maximum absolute atomic E-state index is 11.7. The molecule has 0 bridgehead atoms. The summed E-state index contributed by atoms with van der Waals surface area (Å²) in [5, 5.41) is 6.76. The summed E-state index contributed by atoms with van der Waals surface area (Å²) in [6, 6.07) is 4.07. The van der Waals surface area contributed by atoms with Crippen molar-refractivity contribution in [1.82, 2.24) is 19.7 Å². The van der Waals surface area contributed by atoms with E-state index in [1.807, 2.05) is 19.1 Å². The van der Waals surface area contributed by atoms with Gasteiger partial charge in [0, 0.05) is 19.5 Å². The number of rotatable bonds is 6. The van der Waals surface area contributed by atoms with Crippen LogP contribution in [-0.2, 0) is 19.5 Å². The van der Waals surface area contributed by atoms with Crippen molar-refractivity contribution in [3.63, 3.8) is 0 Å². The molecule has 1 aromatic heterocycles. The fraction of sp³-hybridized carbons (Fsp3) is 0.579. The molecule has 8 heteroatoms. The Hall–Kier alpha value is -2.48.